The minimum atomic E-state index is -0.163. The van der Waals surface area contributed by atoms with Gasteiger partial charge in [-0.2, -0.15) is 12.6 Å². The molecule has 0 radical (unpaired) electrons. The van der Waals surface area contributed by atoms with E-state index in [9.17, 15) is 0 Å². The molecule has 2 nitrogen and oxygen atoms in total. The highest BCUT2D eigenvalue weighted by Gasteiger charge is 2.39. The van der Waals surface area contributed by atoms with Crippen LogP contribution in [0.1, 0.15) is 16.7 Å². The number of hydrogen-bond donors (Lipinski definition) is 1. The maximum Gasteiger partial charge on any atom is 0.123 e. The lowest BCUT2D eigenvalue weighted by molar-refractivity contribution is -0.0106. The molecule has 1 fully saturated rings. The van der Waals surface area contributed by atoms with Crippen molar-refractivity contribution < 1.29 is 9.47 Å². The summed E-state index contributed by atoms with van der Waals surface area (Å²) < 4.78 is 10.5. The minimum Gasteiger partial charge on any atom is -0.496 e. The molecule has 0 N–H and O–H groups in total. The molecule has 1 aliphatic heterocycles. The summed E-state index contributed by atoms with van der Waals surface area (Å²) >= 11 is 4.66. The molecule has 1 aromatic rings. The molecule has 0 aromatic heterocycles. The Balaban J connectivity index is 2.49. The van der Waals surface area contributed by atoms with E-state index in [0.717, 1.165) is 11.3 Å². The van der Waals surface area contributed by atoms with E-state index in [4.69, 9.17) is 9.47 Å². The van der Waals surface area contributed by atoms with E-state index in [0.29, 0.717) is 13.2 Å². The highest BCUT2D eigenvalue weighted by atomic mass is 32.1. The predicted octanol–water partition coefficient (Wildman–Crippen LogP) is 2.47. The van der Waals surface area contributed by atoms with Gasteiger partial charge in [0.25, 0.3) is 0 Å². The van der Waals surface area contributed by atoms with Crippen LogP contribution in [0.5, 0.6) is 5.75 Å². The van der Waals surface area contributed by atoms with Gasteiger partial charge in [0.05, 0.1) is 25.1 Å². The summed E-state index contributed by atoms with van der Waals surface area (Å²) in [5.74, 6) is 0.913. The van der Waals surface area contributed by atoms with Crippen molar-refractivity contribution in [2.75, 3.05) is 20.3 Å². The number of thiol groups is 1. The van der Waals surface area contributed by atoms with Gasteiger partial charge in [-0.15, -0.1) is 0 Å². The van der Waals surface area contributed by atoms with Crippen LogP contribution in [0.2, 0.25) is 0 Å². The molecule has 0 unspecified atom stereocenters. The standard InChI is InChI=1S/C12H16O2S/c1-8-4-10(12(15)6-14-7-12)11(13-3)5-9(8)2/h4-5,15H,6-7H2,1-3H3. The van der Waals surface area contributed by atoms with Crippen LogP contribution in [-0.4, -0.2) is 20.3 Å². The van der Waals surface area contributed by atoms with Gasteiger partial charge >= 0.3 is 0 Å². The van der Waals surface area contributed by atoms with Crippen molar-refractivity contribution in [3.8, 4) is 5.75 Å². The van der Waals surface area contributed by atoms with E-state index in [1.54, 1.807) is 7.11 Å². The maximum absolute atomic E-state index is 5.40. The fourth-order valence-corrected chi connectivity index (χ4v) is 2.13. The number of benzene rings is 1. The molecular weight excluding hydrogens is 208 g/mol. The SMILES string of the molecule is COc1cc(C)c(C)cc1C1(S)COC1. The zero-order valence-corrected chi connectivity index (χ0v) is 10.2. The van der Waals surface area contributed by atoms with Gasteiger partial charge < -0.3 is 9.47 Å². The van der Waals surface area contributed by atoms with E-state index in [2.05, 4.69) is 38.6 Å². The van der Waals surface area contributed by atoms with Gasteiger partial charge in [-0.25, -0.2) is 0 Å². The van der Waals surface area contributed by atoms with E-state index in [-0.39, 0.29) is 4.75 Å². The van der Waals surface area contributed by atoms with Gasteiger partial charge in [-0.3, -0.25) is 0 Å². The van der Waals surface area contributed by atoms with Gasteiger partial charge in [0.1, 0.15) is 5.75 Å². The summed E-state index contributed by atoms with van der Waals surface area (Å²) in [6, 6.07) is 4.23. The number of rotatable bonds is 2. The molecule has 0 amide bonds. The van der Waals surface area contributed by atoms with Crippen LogP contribution in [0.25, 0.3) is 0 Å². The van der Waals surface area contributed by atoms with Crippen LogP contribution in [0.4, 0.5) is 0 Å². The number of aryl methyl sites for hydroxylation is 2. The van der Waals surface area contributed by atoms with Crippen LogP contribution < -0.4 is 4.74 Å². The third-order valence-corrected chi connectivity index (χ3v) is 3.50. The zero-order valence-electron chi connectivity index (χ0n) is 9.33. The monoisotopic (exact) mass is 224 g/mol. The second-order valence-corrected chi connectivity index (χ2v) is 5.02. The molecule has 0 aliphatic carbocycles. The highest BCUT2D eigenvalue weighted by Crippen LogP contribution is 2.41. The lowest BCUT2D eigenvalue weighted by Crippen LogP contribution is -2.42. The number of ether oxygens (including phenoxy) is 2. The molecule has 0 atom stereocenters. The summed E-state index contributed by atoms with van der Waals surface area (Å²) in [7, 11) is 1.70. The summed E-state index contributed by atoms with van der Waals surface area (Å²) in [4.78, 5) is 0. The fourth-order valence-electron chi connectivity index (χ4n) is 1.77. The van der Waals surface area contributed by atoms with Gasteiger partial charge in [0.2, 0.25) is 0 Å². The normalized spacial score (nSPS) is 18.4. The topological polar surface area (TPSA) is 18.5 Å². The first-order valence-electron chi connectivity index (χ1n) is 5.03. The Bertz CT molecular complexity index is 383. The average molecular weight is 224 g/mol. The van der Waals surface area contributed by atoms with Gasteiger partial charge in [-0.05, 0) is 31.0 Å². The average Bonchev–Trinajstić information content (AvgIpc) is 2.18. The van der Waals surface area contributed by atoms with Crippen molar-refractivity contribution >= 4 is 12.6 Å². The maximum atomic E-state index is 5.40. The Kier molecular flexibility index (Phi) is 2.69. The lowest BCUT2D eigenvalue weighted by atomic mass is 9.92. The molecule has 0 saturated carbocycles. The summed E-state index contributed by atoms with van der Waals surface area (Å²) in [6.45, 7) is 5.52. The zero-order chi connectivity index (χ0) is 11.1. The summed E-state index contributed by atoms with van der Waals surface area (Å²) in [6.07, 6.45) is 0. The molecule has 1 saturated heterocycles. The van der Waals surface area contributed by atoms with Crippen molar-refractivity contribution in [2.45, 2.75) is 18.6 Å². The summed E-state index contributed by atoms with van der Waals surface area (Å²) in [5.41, 5.74) is 3.65. The van der Waals surface area contributed by atoms with Crippen LogP contribution >= 0.6 is 12.6 Å². The molecular formula is C12H16O2S. The van der Waals surface area contributed by atoms with Crippen molar-refractivity contribution in [1.82, 2.24) is 0 Å². The molecule has 1 heterocycles. The predicted molar refractivity (Wildman–Crippen MR) is 64.0 cm³/mol. The quantitative estimate of drug-likeness (QED) is 0.778. The van der Waals surface area contributed by atoms with Crippen molar-refractivity contribution in [2.24, 2.45) is 0 Å². The Labute approximate surface area is 96.0 Å². The molecule has 0 bridgehead atoms. The number of methoxy groups -OCH3 is 1. The largest absolute Gasteiger partial charge is 0.496 e. The molecule has 82 valence electrons. The van der Waals surface area contributed by atoms with Gasteiger partial charge in [0, 0.05) is 5.56 Å². The minimum absolute atomic E-state index is 0.163. The second-order valence-electron chi connectivity index (χ2n) is 4.16. The van der Waals surface area contributed by atoms with E-state index < -0.39 is 0 Å². The third-order valence-electron chi connectivity index (χ3n) is 3.00. The third kappa shape index (κ3) is 1.74. The van der Waals surface area contributed by atoms with Gasteiger partial charge in [-0.1, -0.05) is 6.07 Å². The lowest BCUT2D eigenvalue weighted by Gasteiger charge is -2.38. The first kappa shape index (κ1) is 10.8. The Morgan fingerprint density at radius 2 is 1.87 bits per heavy atom. The Morgan fingerprint density at radius 1 is 1.27 bits per heavy atom. The molecule has 2 rings (SSSR count). The molecule has 1 aliphatic rings. The first-order valence-corrected chi connectivity index (χ1v) is 5.47. The van der Waals surface area contributed by atoms with Crippen molar-refractivity contribution in [1.29, 1.82) is 0 Å². The Morgan fingerprint density at radius 3 is 2.33 bits per heavy atom. The van der Waals surface area contributed by atoms with Crippen LogP contribution in [0.15, 0.2) is 12.1 Å². The van der Waals surface area contributed by atoms with E-state index >= 15 is 0 Å². The molecule has 15 heavy (non-hydrogen) atoms. The van der Waals surface area contributed by atoms with Crippen molar-refractivity contribution in [3.05, 3.63) is 28.8 Å². The van der Waals surface area contributed by atoms with E-state index in [1.165, 1.54) is 11.1 Å². The fraction of sp³-hybridized carbons (Fsp3) is 0.500. The summed E-state index contributed by atoms with van der Waals surface area (Å²) in [5, 5.41) is 0. The van der Waals surface area contributed by atoms with E-state index in [1.807, 2.05) is 0 Å². The molecule has 1 aromatic carbocycles. The highest BCUT2D eigenvalue weighted by molar-refractivity contribution is 7.81. The van der Waals surface area contributed by atoms with Crippen LogP contribution in [0.3, 0.4) is 0 Å². The second kappa shape index (κ2) is 3.72. The number of hydrogen-bond acceptors (Lipinski definition) is 3. The van der Waals surface area contributed by atoms with Crippen molar-refractivity contribution in [3.63, 3.8) is 0 Å². The smallest absolute Gasteiger partial charge is 0.123 e. The first-order chi connectivity index (χ1) is 7.07. The van der Waals surface area contributed by atoms with Crippen LogP contribution in [0, 0.1) is 13.8 Å². The molecule has 3 heteroatoms. The van der Waals surface area contributed by atoms with Crippen LogP contribution in [-0.2, 0) is 9.48 Å². The van der Waals surface area contributed by atoms with Gasteiger partial charge in [0.15, 0.2) is 0 Å². The molecule has 0 spiro atoms. The Hall–Kier alpha value is -0.670.